The van der Waals surface area contributed by atoms with Crippen LogP contribution in [0.25, 0.3) is 0 Å². The fourth-order valence-electron chi connectivity index (χ4n) is 1.36. The molecule has 0 aliphatic carbocycles. The first-order valence-electron chi connectivity index (χ1n) is 4.80. The average Bonchev–Trinajstić information content (AvgIpc) is 2.48. The molecule has 16 heavy (non-hydrogen) atoms. The molecule has 1 aromatic rings. The van der Waals surface area contributed by atoms with Crippen LogP contribution < -0.4 is 0 Å². The zero-order valence-electron chi connectivity index (χ0n) is 8.72. The molecule has 0 saturated heterocycles. The average molecular weight is 273 g/mol. The van der Waals surface area contributed by atoms with Crippen molar-refractivity contribution in [3.05, 3.63) is 15.5 Å². The molecule has 2 nitrogen and oxygen atoms in total. The molecule has 0 aliphatic heterocycles. The predicted octanol–water partition coefficient (Wildman–Crippen LogP) is 3.57. The Hall–Kier alpha value is -0.330. The second-order valence-electron chi connectivity index (χ2n) is 3.41. The van der Waals surface area contributed by atoms with Crippen LogP contribution in [0.2, 0.25) is 4.47 Å². The van der Waals surface area contributed by atoms with Crippen LogP contribution in [0.1, 0.15) is 18.2 Å². The van der Waals surface area contributed by atoms with Gasteiger partial charge in [0.2, 0.25) is 0 Å². The molecule has 0 amide bonds. The van der Waals surface area contributed by atoms with Crippen LogP contribution in [0.3, 0.4) is 0 Å². The highest BCUT2D eigenvalue weighted by atomic mass is 35.5. The van der Waals surface area contributed by atoms with Crippen molar-refractivity contribution in [2.75, 3.05) is 13.1 Å². The zero-order chi connectivity index (χ0) is 12.2. The van der Waals surface area contributed by atoms with E-state index in [1.54, 1.807) is 0 Å². The number of aromatic nitrogens is 1. The Balaban J connectivity index is 2.57. The summed E-state index contributed by atoms with van der Waals surface area (Å²) in [6.45, 7) is 1.62. The lowest BCUT2D eigenvalue weighted by molar-refractivity contribution is -0.147. The zero-order valence-corrected chi connectivity index (χ0v) is 10.3. The van der Waals surface area contributed by atoms with Gasteiger partial charge in [-0.05, 0) is 13.0 Å². The largest absolute Gasteiger partial charge is 0.401 e. The van der Waals surface area contributed by atoms with E-state index < -0.39 is 12.7 Å². The number of alkyl halides is 3. The molecule has 1 aromatic heterocycles. The van der Waals surface area contributed by atoms with Crippen LogP contribution in [-0.4, -0.2) is 29.1 Å². The Kier molecular flexibility index (Phi) is 5.01. The summed E-state index contributed by atoms with van der Waals surface area (Å²) in [4.78, 5) is 5.91. The van der Waals surface area contributed by atoms with E-state index in [1.165, 1.54) is 22.4 Å². The summed E-state index contributed by atoms with van der Waals surface area (Å²) in [5.74, 6) is 0. The van der Waals surface area contributed by atoms with Crippen molar-refractivity contribution in [3.8, 4) is 0 Å². The van der Waals surface area contributed by atoms with E-state index in [0.29, 0.717) is 17.4 Å². The van der Waals surface area contributed by atoms with Crippen LogP contribution in [0.5, 0.6) is 0 Å². The summed E-state index contributed by atoms with van der Waals surface area (Å²) in [7, 11) is 0. The van der Waals surface area contributed by atoms with Gasteiger partial charge in [-0.15, -0.1) is 11.3 Å². The fourth-order valence-corrected chi connectivity index (χ4v) is 2.38. The van der Waals surface area contributed by atoms with E-state index >= 15 is 0 Å². The minimum Gasteiger partial charge on any atom is -0.290 e. The maximum absolute atomic E-state index is 12.3. The molecular formula is C9H12ClF3N2S. The van der Waals surface area contributed by atoms with Crippen LogP contribution >= 0.6 is 22.9 Å². The Morgan fingerprint density at radius 2 is 2.19 bits per heavy atom. The lowest BCUT2D eigenvalue weighted by atomic mass is 10.3. The lowest BCUT2D eigenvalue weighted by Crippen LogP contribution is -2.34. The molecule has 0 fully saturated rings. The van der Waals surface area contributed by atoms with Crippen molar-refractivity contribution in [2.45, 2.75) is 26.1 Å². The number of rotatable bonds is 5. The van der Waals surface area contributed by atoms with Crippen molar-refractivity contribution in [3.63, 3.8) is 0 Å². The van der Waals surface area contributed by atoms with Crippen molar-refractivity contribution in [1.29, 1.82) is 0 Å². The molecule has 0 bridgehead atoms. The molecular weight excluding hydrogens is 261 g/mol. The van der Waals surface area contributed by atoms with Crippen LogP contribution in [0.4, 0.5) is 13.2 Å². The molecule has 0 aromatic carbocycles. The quantitative estimate of drug-likeness (QED) is 0.815. The third-order valence-corrected chi connectivity index (χ3v) is 2.95. The summed E-state index contributed by atoms with van der Waals surface area (Å²) in [6, 6.07) is 0. The van der Waals surface area contributed by atoms with Crippen molar-refractivity contribution in [2.24, 2.45) is 0 Å². The number of nitrogens with zero attached hydrogens (tertiary/aromatic N) is 2. The Morgan fingerprint density at radius 3 is 2.62 bits per heavy atom. The van der Waals surface area contributed by atoms with Crippen molar-refractivity contribution in [1.82, 2.24) is 9.88 Å². The molecule has 0 atom stereocenters. The maximum Gasteiger partial charge on any atom is 0.401 e. The van der Waals surface area contributed by atoms with E-state index in [0.717, 1.165) is 4.88 Å². The van der Waals surface area contributed by atoms with Gasteiger partial charge in [0, 0.05) is 17.6 Å². The minimum absolute atomic E-state index is 0.248. The molecule has 0 N–H and O–H groups in total. The Labute approximate surface area is 101 Å². The monoisotopic (exact) mass is 272 g/mol. The topological polar surface area (TPSA) is 16.1 Å². The van der Waals surface area contributed by atoms with E-state index in [-0.39, 0.29) is 6.54 Å². The molecule has 92 valence electrons. The SMILES string of the molecule is CCCN(Cc1cnc(Cl)s1)CC(F)(F)F. The van der Waals surface area contributed by atoms with Crippen molar-refractivity contribution < 1.29 is 13.2 Å². The van der Waals surface area contributed by atoms with Gasteiger partial charge in [0.1, 0.15) is 0 Å². The molecule has 0 aliphatic rings. The molecule has 0 spiro atoms. The molecule has 7 heteroatoms. The van der Waals surface area contributed by atoms with E-state index in [9.17, 15) is 13.2 Å². The highest BCUT2D eigenvalue weighted by Gasteiger charge is 2.30. The first kappa shape index (κ1) is 13.7. The first-order valence-corrected chi connectivity index (χ1v) is 5.99. The highest BCUT2D eigenvalue weighted by Crippen LogP contribution is 2.22. The van der Waals surface area contributed by atoms with Crippen LogP contribution in [-0.2, 0) is 6.54 Å². The predicted molar refractivity (Wildman–Crippen MR) is 58.7 cm³/mol. The summed E-state index contributed by atoms with van der Waals surface area (Å²) < 4.78 is 37.1. The smallest absolute Gasteiger partial charge is 0.290 e. The van der Waals surface area contributed by atoms with Gasteiger partial charge in [-0.2, -0.15) is 13.2 Å². The second-order valence-corrected chi connectivity index (χ2v) is 5.10. The summed E-state index contributed by atoms with van der Waals surface area (Å²) in [5.41, 5.74) is 0. The molecule has 1 heterocycles. The molecule has 0 radical (unpaired) electrons. The van der Waals surface area contributed by atoms with Crippen LogP contribution in [0, 0.1) is 0 Å². The highest BCUT2D eigenvalue weighted by molar-refractivity contribution is 7.15. The van der Waals surface area contributed by atoms with E-state index in [1.807, 2.05) is 6.92 Å². The van der Waals surface area contributed by atoms with Gasteiger partial charge in [0.15, 0.2) is 4.47 Å². The van der Waals surface area contributed by atoms with E-state index in [4.69, 9.17) is 11.6 Å². The van der Waals surface area contributed by atoms with Gasteiger partial charge in [-0.3, -0.25) is 4.90 Å². The van der Waals surface area contributed by atoms with E-state index in [2.05, 4.69) is 4.98 Å². The molecule has 1 rings (SSSR count). The summed E-state index contributed by atoms with van der Waals surface area (Å²) >= 11 is 6.83. The normalized spacial score (nSPS) is 12.4. The number of hydrogen-bond acceptors (Lipinski definition) is 3. The lowest BCUT2D eigenvalue weighted by Gasteiger charge is -2.21. The third kappa shape index (κ3) is 5.14. The van der Waals surface area contributed by atoms with Gasteiger partial charge in [-0.1, -0.05) is 18.5 Å². The third-order valence-electron chi connectivity index (χ3n) is 1.85. The standard InChI is InChI=1S/C9H12ClF3N2S/c1-2-3-15(6-9(11,12)13)5-7-4-14-8(10)16-7/h4H,2-3,5-6H2,1H3. The number of halogens is 4. The summed E-state index contributed by atoms with van der Waals surface area (Å²) in [6.07, 6.45) is -1.96. The Morgan fingerprint density at radius 1 is 1.50 bits per heavy atom. The second kappa shape index (κ2) is 5.84. The number of hydrogen-bond donors (Lipinski definition) is 0. The molecule has 0 unspecified atom stereocenters. The molecule has 0 saturated carbocycles. The minimum atomic E-state index is -4.16. The summed E-state index contributed by atoms with van der Waals surface area (Å²) in [5, 5.41) is 0. The fraction of sp³-hybridized carbons (Fsp3) is 0.667. The van der Waals surface area contributed by atoms with Crippen molar-refractivity contribution >= 4 is 22.9 Å². The maximum atomic E-state index is 12.3. The Bertz CT molecular complexity index is 327. The van der Waals surface area contributed by atoms with Gasteiger partial charge >= 0.3 is 6.18 Å². The van der Waals surface area contributed by atoms with Gasteiger partial charge in [-0.25, -0.2) is 4.98 Å². The first-order chi connectivity index (χ1) is 7.40. The van der Waals surface area contributed by atoms with Gasteiger partial charge in [0.25, 0.3) is 0 Å². The van der Waals surface area contributed by atoms with Gasteiger partial charge < -0.3 is 0 Å². The van der Waals surface area contributed by atoms with Crippen LogP contribution in [0.15, 0.2) is 6.20 Å². The number of thiazole rings is 1. The van der Waals surface area contributed by atoms with Gasteiger partial charge in [0.05, 0.1) is 6.54 Å².